The SMILES string of the molecule is CC(C)c1noc(-c2ccc(NC(=O)NC(C)C(C)C)cc2)n1. The third-order valence-corrected chi connectivity index (χ3v) is 3.71. The van der Waals surface area contributed by atoms with Gasteiger partial charge in [-0.3, -0.25) is 0 Å². The molecule has 2 N–H and O–H groups in total. The average Bonchev–Trinajstić information content (AvgIpc) is 2.97. The number of nitrogens with one attached hydrogen (secondary N) is 2. The second kappa shape index (κ2) is 7.26. The molecule has 1 unspecified atom stereocenters. The van der Waals surface area contributed by atoms with Gasteiger partial charge in [0, 0.05) is 23.2 Å². The number of amides is 2. The Labute approximate surface area is 136 Å². The summed E-state index contributed by atoms with van der Waals surface area (Å²) in [5, 5.41) is 9.66. The number of hydrogen-bond donors (Lipinski definition) is 2. The van der Waals surface area contributed by atoms with Crippen LogP contribution in [-0.4, -0.2) is 22.2 Å². The van der Waals surface area contributed by atoms with E-state index in [-0.39, 0.29) is 18.0 Å². The van der Waals surface area contributed by atoms with Crippen LogP contribution in [0.5, 0.6) is 0 Å². The van der Waals surface area contributed by atoms with Crippen LogP contribution in [0.4, 0.5) is 10.5 Å². The molecule has 6 heteroatoms. The second-order valence-electron chi connectivity index (χ2n) is 6.32. The molecule has 6 nitrogen and oxygen atoms in total. The molecule has 0 fully saturated rings. The van der Waals surface area contributed by atoms with Crippen LogP contribution in [0.25, 0.3) is 11.5 Å². The molecular weight excluding hydrogens is 292 g/mol. The van der Waals surface area contributed by atoms with E-state index in [1.54, 1.807) is 0 Å². The number of carbonyl (C=O) groups is 1. The molecule has 1 atom stereocenters. The maximum absolute atomic E-state index is 11.9. The molecule has 2 aromatic rings. The molecule has 1 aromatic carbocycles. The number of nitrogens with zero attached hydrogens (tertiary/aromatic N) is 2. The zero-order valence-electron chi connectivity index (χ0n) is 14.3. The van der Waals surface area contributed by atoms with E-state index in [9.17, 15) is 4.79 Å². The van der Waals surface area contributed by atoms with E-state index in [1.807, 2.05) is 45.0 Å². The van der Waals surface area contributed by atoms with E-state index in [0.717, 1.165) is 5.56 Å². The number of carbonyl (C=O) groups excluding carboxylic acids is 1. The molecule has 1 aromatic heterocycles. The number of urea groups is 1. The monoisotopic (exact) mass is 316 g/mol. The molecule has 124 valence electrons. The van der Waals surface area contributed by atoms with Crippen LogP contribution in [0.2, 0.25) is 0 Å². The summed E-state index contributed by atoms with van der Waals surface area (Å²) in [6, 6.07) is 7.22. The normalized spacial score (nSPS) is 12.5. The Balaban J connectivity index is 2.00. The first-order valence-corrected chi connectivity index (χ1v) is 7.88. The minimum Gasteiger partial charge on any atom is -0.335 e. The maximum atomic E-state index is 11.9. The number of anilines is 1. The van der Waals surface area contributed by atoms with E-state index in [1.165, 1.54) is 0 Å². The molecule has 23 heavy (non-hydrogen) atoms. The Morgan fingerprint density at radius 3 is 2.26 bits per heavy atom. The molecule has 0 radical (unpaired) electrons. The summed E-state index contributed by atoms with van der Waals surface area (Å²) in [4.78, 5) is 16.2. The van der Waals surface area contributed by atoms with Gasteiger partial charge in [-0.2, -0.15) is 4.98 Å². The summed E-state index contributed by atoms with van der Waals surface area (Å²) < 4.78 is 5.25. The van der Waals surface area contributed by atoms with Crippen LogP contribution < -0.4 is 10.6 Å². The molecule has 0 bridgehead atoms. The topological polar surface area (TPSA) is 80.0 Å². The average molecular weight is 316 g/mol. The molecular formula is C17H24N4O2. The first-order valence-electron chi connectivity index (χ1n) is 7.88. The van der Waals surface area contributed by atoms with Crippen LogP contribution >= 0.6 is 0 Å². The van der Waals surface area contributed by atoms with E-state index in [0.29, 0.717) is 23.3 Å². The predicted molar refractivity (Wildman–Crippen MR) is 90.3 cm³/mol. The van der Waals surface area contributed by atoms with Crippen LogP contribution in [-0.2, 0) is 0 Å². The number of aromatic nitrogens is 2. The third kappa shape index (κ3) is 4.55. The first-order chi connectivity index (χ1) is 10.9. The minimum absolute atomic E-state index is 0.113. The fourth-order valence-electron chi connectivity index (χ4n) is 1.82. The number of rotatable bonds is 5. The standard InChI is InChI=1S/C17H24N4O2/c1-10(2)12(5)18-17(22)19-14-8-6-13(7-9-14)16-20-15(11(3)4)21-23-16/h6-12H,1-5H3,(H2,18,19,22). The lowest BCUT2D eigenvalue weighted by molar-refractivity contribution is 0.246. The van der Waals surface area contributed by atoms with Gasteiger partial charge in [0.25, 0.3) is 5.89 Å². The van der Waals surface area contributed by atoms with Crippen molar-refractivity contribution < 1.29 is 9.32 Å². The van der Waals surface area contributed by atoms with E-state index >= 15 is 0 Å². The molecule has 0 saturated carbocycles. The van der Waals surface area contributed by atoms with Gasteiger partial charge < -0.3 is 15.2 Å². The van der Waals surface area contributed by atoms with Crippen LogP contribution in [0.3, 0.4) is 0 Å². The number of benzene rings is 1. The fourth-order valence-corrected chi connectivity index (χ4v) is 1.82. The van der Waals surface area contributed by atoms with Crippen molar-refractivity contribution in [3.63, 3.8) is 0 Å². The molecule has 2 amide bonds. The predicted octanol–water partition coefficient (Wildman–Crippen LogP) is 4.03. The van der Waals surface area contributed by atoms with Gasteiger partial charge in [0.05, 0.1) is 0 Å². The third-order valence-electron chi connectivity index (χ3n) is 3.71. The summed E-state index contributed by atoms with van der Waals surface area (Å²) in [5.41, 5.74) is 1.54. The second-order valence-corrected chi connectivity index (χ2v) is 6.32. The summed E-state index contributed by atoms with van der Waals surface area (Å²) >= 11 is 0. The summed E-state index contributed by atoms with van der Waals surface area (Å²) in [7, 11) is 0. The highest BCUT2D eigenvalue weighted by Gasteiger charge is 2.13. The zero-order valence-corrected chi connectivity index (χ0v) is 14.3. The number of hydrogen-bond acceptors (Lipinski definition) is 4. The molecule has 2 rings (SSSR count). The Morgan fingerprint density at radius 2 is 1.74 bits per heavy atom. The van der Waals surface area contributed by atoms with Crippen LogP contribution in [0.15, 0.2) is 28.8 Å². The first kappa shape index (κ1) is 17.0. The van der Waals surface area contributed by atoms with Crippen LogP contribution in [0.1, 0.15) is 46.4 Å². The van der Waals surface area contributed by atoms with Crippen molar-refractivity contribution in [2.24, 2.45) is 5.92 Å². The molecule has 1 heterocycles. The lowest BCUT2D eigenvalue weighted by atomic mass is 10.1. The van der Waals surface area contributed by atoms with Gasteiger partial charge in [0.1, 0.15) is 0 Å². The lowest BCUT2D eigenvalue weighted by Gasteiger charge is -2.17. The zero-order chi connectivity index (χ0) is 17.0. The maximum Gasteiger partial charge on any atom is 0.319 e. The van der Waals surface area contributed by atoms with Gasteiger partial charge in [0.15, 0.2) is 5.82 Å². The largest absolute Gasteiger partial charge is 0.335 e. The molecule has 0 aliphatic heterocycles. The summed E-state index contributed by atoms with van der Waals surface area (Å²) in [5.74, 6) is 1.78. The Hall–Kier alpha value is -2.37. The fraction of sp³-hybridized carbons (Fsp3) is 0.471. The van der Waals surface area contributed by atoms with E-state index < -0.39 is 0 Å². The van der Waals surface area contributed by atoms with Gasteiger partial charge in [-0.05, 0) is 37.1 Å². The highest BCUT2D eigenvalue weighted by Crippen LogP contribution is 2.21. The molecule has 0 spiro atoms. The van der Waals surface area contributed by atoms with Crippen molar-refractivity contribution in [3.8, 4) is 11.5 Å². The molecule has 0 saturated heterocycles. The summed E-state index contributed by atoms with van der Waals surface area (Å²) in [6.45, 7) is 10.1. The molecule has 0 aliphatic carbocycles. The van der Waals surface area contributed by atoms with Crippen molar-refractivity contribution in [1.82, 2.24) is 15.5 Å². The smallest absolute Gasteiger partial charge is 0.319 e. The quantitative estimate of drug-likeness (QED) is 0.873. The molecule has 0 aliphatic rings. The van der Waals surface area contributed by atoms with Crippen molar-refractivity contribution in [1.29, 1.82) is 0 Å². The van der Waals surface area contributed by atoms with Crippen molar-refractivity contribution in [2.45, 2.75) is 46.6 Å². The van der Waals surface area contributed by atoms with Gasteiger partial charge in [-0.15, -0.1) is 0 Å². The van der Waals surface area contributed by atoms with Gasteiger partial charge in [-0.25, -0.2) is 4.79 Å². The van der Waals surface area contributed by atoms with E-state index in [4.69, 9.17) is 4.52 Å². The van der Waals surface area contributed by atoms with Crippen molar-refractivity contribution in [3.05, 3.63) is 30.1 Å². The van der Waals surface area contributed by atoms with Crippen molar-refractivity contribution >= 4 is 11.7 Å². The van der Waals surface area contributed by atoms with Crippen molar-refractivity contribution in [2.75, 3.05) is 5.32 Å². The van der Waals surface area contributed by atoms with Gasteiger partial charge in [-0.1, -0.05) is 32.9 Å². The lowest BCUT2D eigenvalue weighted by Crippen LogP contribution is -2.38. The Morgan fingerprint density at radius 1 is 1.09 bits per heavy atom. The summed E-state index contributed by atoms with van der Waals surface area (Å²) in [6.07, 6.45) is 0. The highest BCUT2D eigenvalue weighted by molar-refractivity contribution is 5.89. The Bertz CT molecular complexity index is 647. The Kier molecular flexibility index (Phi) is 5.36. The minimum atomic E-state index is -0.209. The van der Waals surface area contributed by atoms with Gasteiger partial charge >= 0.3 is 6.03 Å². The van der Waals surface area contributed by atoms with Gasteiger partial charge in [0.2, 0.25) is 0 Å². The highest BCUT2D eigenvalue weighted by atomic mass is 16.5. The van der Waals surface area contributed by atoms with Crippen LogP contribution in [0, 0.1) is 5.92 Å². The van der Waals surface area contributed by atoms with E-state index in [2.05, 4.69) is 34.6 Å².